The molecule has 1 atom stereocenters. The van der Waals surface area contributed by atoms with E-state index in [-0.39, 0.29) is 24.6 Å². The number of carbonyl (C=O) groups is 2. The predicted octanol–water partition coefficient (Wildman–Crippen LogP) is 4.38. The van der Waals surface area contributed by atoms with Gasteiger partial charge in [-0.2, -0.15) is 4.58 Å². The minimum Gasteiger partial charge on any atom is -0.480 e. The third kappa shape index (κ3) is 6.74. The monoisotopic (exact) mass is 631 g/mol. The predicted molar refractivity (Wildman–Crippen MR) is 162 cm³/mol. The number of hydrogen-bond acceptors (Lipinski definition) is 8. The summed E-state index contributed by atoms with van der Waals surface area (Å²) in [6.45, 7) is 7.11. The first-order valence-corrected chi connectivity index (χ1v) is 15.5. The molecule has 2 aromatic carbocycles. The summed E-state index contributed by atoms with van der Waals surface area (Å²) >= 11 is 0. The van der Waals surface area contributed by atoms with Gasteiger partial charge in [-0.15, -0.1) is 0 Å². The quantitative estimate of drug-likeness (QED) is 0.135. The summed E-state index contributed by atoms with van der Waals surface area (Å²) in [5.41, 5.74) is 2.91. The van der Waals surface area contributed by atoms with E-state index in [2.05, 4.69) is 0 Å². The Kier molecular flexibility index (Phi) is 9.30. The van der Waals surface area contributed by atoms with E-state index in [1.807, 2.05) is 27.7 Å². The van der Waals surface area contributed by atoms with Crippen LogP contribution >= 0.6 is 16.9 Å². The molecule has 0 radical (unpaired) electrons. The SMILES string of the molecule is CC1(C)C(/C=C/C=C/C=C2/N(CC(=O)O)c3ccc(O[PH](=O)O)cc3C2(C)C)=[N+](CC(=O)O)c2ccc(OP(O)O)cc21. The highest BCUT2D eigenvalue weighted by Crippen LogP contribution is 2.49. The molecule has 0 saturated carbocycles. The Morgan fingerprint density at radius 2 is 1.63 bits per heavy atom. The van der Waals surface area contributed by atoms with Crippen LogP contribution in [0.2, 0.25) is 0 Å². The van der Waals surface area contributed by atoms with Crippen LogP contribution in [0.25, 0.3) is 0 Å². The fourth-order valence-electron chi connectivity index (χ4n) is 5.59. The van der Waals surface area contributed by atoms with Crippen molar-refractivity contribution >= 4 is 45.9 Å². The number of hydrogen-bond donors (Lipinski definition) is 5. The van der Waals surface area contributed by atoms with Crippen LogP contribution in [0.5, 0.6) is 11.5 Å². The van der Waals surface area contributed by atoms with Crippen LogP contribution in [0.1, 0.15) is 38.8 Å². The van der Waals surface area contributed by atoms with Crippen molar-refractivity contribution in [2.75, 3.05) is 18.0 Å². The Labute approximate surface area is 250 Å². The summed E-state index contributed by atoms with van der Waals surface area (Å²) in [6.07, 6.45) is 8.86. The Balaban J connectivity index is 1.66. The second-order valence-electron chi connectivity index (χ2n) is 11.0. The maximum atomic E-state index is 11.7. The lowest BCUT2D eigenvalue weighted by atomic mass is 9.81. The van der Waals surface area contributed by atoms with Crippen LogP contribution in [0.4, 0.5) is 11.4 Å². The summed E-state index contributed by atoms with van der Waals surface area (Å²) in [7, 11) is -5.82. The molecule has 12 nitrogen and oxygen atoms in total. The van der Waals surface area contributed by atoms with Crippen LogP contribution < -0.4 is 13.9 Å². The van der Waals surface area contributed by atoms with Gasteiger partial charge in [0.25, 0.3) is 0 Å². The van der Waals surface area contributed by atoms with Crippen molar-refractivity contribution in [2.45, 2.75) is 38.5 Å². The molecule has 1 unspecified atom stereocenters. The maximum Gasteiger partial charge on any atom is 0.391 e. The van der Waals surface area contributed by atoms with Gasteiger partial charge in [0.15, 0.2) is 5.71 Å². The number of allylic oxidation sites excluding steroid dienone is 6. The molecule has 5 N–H and O–H groups in total. The largest absolute Gasteiger partial charge is 0.480 e. The molecule has 0 spiro atoms. The molecule has 228 valence electrons. The average molecular weight is 632 g/mol. The van der Waals surface area contributed by atoms with E-state index in [0.29, 0.717) is 22.8 Å². The van der Waals surface area contributed by atoms with E-state index in [9.17, 15) is 39.0 Å². The summed E-state index contributed by atoms with van der Waals surface area (Å²) in [6, 6.07) is 9.72. The number of nitrogens with zero attached hydrogens (tertiary/aromatic N) is 2. The fourth-order valence-corrected chi connectivity index (χ4v) is 6.22. The number of anilines is 1. The van der Waals surface area contributed by atoms with Gasteiger partial charge in [0.2, 0.25) is 12.2 Å². The summed E-state index contributed by atoms with van der Waals surface area (Å²) in [5, 5.41) is 19.2. The molecule has 0 aliphatic carbocycles. The van der Waals surface area contributed by atoms with E-state index in [4.69, 9.17) is 9.05 Å². The van der Waals surface area contributed by atoms with E-state index in [0.717, 1.165) is 11.1 Å². The maximum absolute atomic E-state index is 11.7. The molecule has 0 amide bonds. The average Bonchev–Trinajstić information content (AvgIpc) is 3.21. The van der Waals surface area contributed by atoms with Gasteiger partial charge in [0.1, 0.15) is 18.0 Å². The van der Waals surface area contributed by atoms with Crippen molar-refractivity contribution in [2.24, 2.45) is 0 Å². The number of carboxylic acids is 2. The van der Waals surface area contributed by atoms with Gasteiger partial charge in [-0.3, -0.25) is 4.79 Å². The van der Waals surface area contributed by atoms with Crippen LogP contribution in [0, 0.1) is 0 Å². The van der Waals surface area contributed by atoms with Gasteiger partial charge < -0.3 is 38.8 Å². The second kappa shape index (κ2) is 12.4. The van der Waals surface area contributed by atoms with Crippen LogP contribution in [-0.4, -0.2) is 60.2 Å². The van der Waals surface area contributed by atoms with Crippen molar-refractivity contribution in [3.63, 3.8) is 0 Å². The highest BCUT2D eigenvalue weighted by Gasteiger charge is 2.45. The van der Waals surface area contributed by atoms with Crippen molar-refractivity contribution in [3.8, 4) is 11.5 Å². The number of fused-ring (bicyclic) bond motifs is 2. The van der Waals surface area contributed by atoms with E-state index >= 15 is 0 Å². The van der Waals surface area contributed by atoms with Crippen LogP contribution in [-0.2, 0) is 25.0 Å². The number of rotatable bonds is 11. The molecule has 0 saturated heterocycles. The lowest BCUT2D eigenvalue weighted by Gasteiger charge is -2.25. The van der Waals surface area contributed by atoms with E-state index in [1.165, 1.54) is 6.07 Å². The Bertz CT molecular complexity index is 1610. The smallest absolute Gasteiger partial charge is 0.391 e. The van der Waals surface area contributed by atoms with Gasteiger partial charge in [-0.05, 0) is 55.8 Å². The molecule has 43 heavy (non-hydrogen) atoms. The zero-order valence-corrected chi connectivity index (χ0v) is 25.8. The third-order valence-corrected chi connectivity index (χ3v) is 8.22. The summed E-state index contributed by atoms with van der Waals surface area (Å²) in [4.78, 5) is 52.8. The van der Waals surface area contributed by atoms with E-state index < -0.39 is 39.6 Å². The van der Waals surface area contributed by atoms with Gasteiger partial charge >= 0.3 is 28.8 Å². The summed E-state index contributed by atoms with van der Waals surface area (Å²) < 4.78 is 23.0. The zero-order valence-electron chi connectivity index (χ0n) is 23.9. The topological polar surface area (TPSA) is 177 Å². The normalized spacial score (nSPS) is 18.5. The lowest BCUT2D eigenvalue weighted by molar-refractivity contribution is -0.428. The number of aliphatic carboxylic acids is 2. The lowest BCUT2D eigenvalue weighted by Crippen LogP contribution is -2.30. The molecule has 2 aliphatic rings. The molecular formula is C29H33N2O10P2+. The minimum absolute atomic E-state index is 0.212. The minimum atomic E-state index is -3.21. The molecule has 2 aliphatic heterocycles. The van der Waals surface area contributed by atoms with Gasteiger partial charge in [-0.25, -0.2) is 9.36 Å². The molecule has 4 rings (SSSR count). The Morgan fingerprint density at radius 3 is 2.26 bits per heavy atom. The molecule has 0 bridgehead atoms. The molecule has 0 fully saturated rings. The molecule has 2 heterocycles. The van der Waals surface area contributed by atoms with Crippen molar-refractivity contribution < 1.29 is 52.7 Å². The molecule has 2 aromatic rings. The van der Waals surface area contributed by atoms with Gasteiger partial charge in [0, 0.05) is 34.5 Å². The Morgan fingerprint density at radius 1 is 0.953 bits per heavy atom. The second-order valence-corrected chi connectivity index (χ2v) is 12.4. The molecular weight excluding hydrogens is 598 g/mol. The van der Waals surface area contributed by atoms with Crippen molar-refractivity contribution in [3.05, 3.63) is 83.6 Å². The van der Waals surface area contributed by atoms with E-state index in [1.54, 1.807) is 70.2 Å². The molecule has 0 aromatic heterocycles. The van der Waals surface area contributed by atoms with Gasteiger partial charge in [-0.1, -0.05) is 32.1 Å². The first-order valence-electron chi connectivity index (χ1n) is 13.1. The number of benzene rings is 2. The van der Waals surface area contributed by atoms with Gasteiger partial charge in [0.05, 0.1) is 5.41 Å². The van der Waals surface area contributed by atoms with Crippen molar-refractivity contribution in [1.29, 1.82) is 0 Å². The van der Waals surface area contributed by atoms with Crippen molar-refractivity contribution in [1.82, 2.24) is 0 Å². The Hall–Kier alpha value is -3.79. The third-order valence-electron chi connectivity index (χ3n) is 7.44. The number of carboxylic acid groups (broad SMARTS) is 2. The van der Waals surface area contributed by atoms with Crippen LogP contribution in [0.3, 0.4) is 0 Å². The fraction of sp³-hybridized carbons (Fsp3) is 0.276. The standard InChI is InChI=1S/C29H32N2O10P2/c1-28(2)20-14-18(40-42(36)37)10-12-22(20)30(16-26(32)33)24(28)8-6-5-7-9-25-29(3,4)21-15-19(41-43(38)39)11-13-23(21)31(25)17-27(34)35/h5-15,36-37,43H,16-17H2,1-4H3,(H2-,32,33,34,35,38,39)/p+1. The summed E-state index contributed by atoms with van der Waals surface area (Å²) in [5.74, 6) is -1.58. The highest BCUT2D eigenvalue weighted by molar-refractivity contribution is 7.39. The first-order chi connectivity index (χ1) is 20.1. The van der Waals surface area contributed by atoms with Crippen LogP contribution in [0.15, 0.2) is 72.5 Å². The zero-order chi connectivity index (χ0) is 31.7. The molecule has 14 heteroatoms. The first kappa shape index (κ1) is 32.1. The highest BCUT2D eigenvalue weighted by atomic mass is 31.2.